The van der Waals surface area contributed by atoms with Crippen molar-refractivity contribution in [3.63, 3.8) is 0 Å². The fraction of sp³-hybridized carbons (Fsp3) is 0.115. The van der Waals surface area contributed by atoms with E-state index in [-0.39, 0.29) is 22.0 Å². The first-order chi connectivity index (χ1) is 16.2. The number of amidine groups is 1. The normalized spacial score (nSPS) is 10.1. The van der Waals surface area contributed by atoms with E-state index in [1.807, 2.05) is 0 Å². The number of anilines is 2. The molecule has 0 aromatic heterocycles. The van der Waals surface area contributed by atoms with Crippen LogP contribution < -0.4 is 15.4 Å². The Morgan fingerprint density at radius 3 is 2.15 bits per heavy atom. The van der Waals surface area contributed by atoms with E-state index in [1.54, 1.807) is 67.5 Å². The number of amides is 2. The standard InChI is InChI=1S/C26H23ClN4O3/c1-5-16-6-12-20(13-7-16)29-26(33)21-14-19(27)15-22(34-4)23(21)30-25(32)18-10-8-17(9-11-18)24(28)31(2)3/h1,6-15,28H,2-4H3,(H,29,33)(H,30,32). The molecule has 0 aliphatic carbocycles. The molecule has 0 radical (unpaired) electrons. The lowest BCUT2D eigenvalue weighted by atomic mass is 10.1. The second kappa shape index (κ2) is 10.6. The smallest absolute Gasteiger partial charge is 0.257 e. The molecule has 0 saturated heterocycles. The predicted molar refractivity (Wildman–Crippen MR) is 135 cm³/mol. The van der Waals surface area contributed by atoms with Gasteiger partial charge < -0.3 is 20.3 Å². The second-order valence-electron chi connectivity index (χ2n) is 7.48. The van der Waals surface area contributed by atoms with E-state index in [4.69, 9.17) is 28.2 Å². The topological polar surface area (TPSA) is 94.5 Å². The number of rotatable bonds is 6. The molecule has 0 aliphatic rings. The molecule has 0 unspecified atom stereocenters. The number of benzene rings is 3. The molecule has 3 aromatic rings. The molecule has 7 nitrogen and oxygen atoms in total. The van der Waals surface area contributed by atoms with Gasteiger partial charge in [0.1, 0.15) is 11.6 Å². The number of hydrogen-bond donors (Lipinski definition) is 3. The summed E-state index contributed by atoms with van der Waals surface area (Å²) in [7, 11) is 4.96. The first-order valence-corrected chi connectivity index (χ1v) is 10.5. The van der Waals surface area contributed by atoms with Crippen LogP contribution in [0.5, 0.6) is 5.75 Å². The van der Waals surface area contributed by atoms with E-state index in [0.717, 1.165) is 0 Å². The number of nitrogens with one attached hydrogen (secondary N) is 3. The first-order valence-electron chi connectivity index (χ1n) is 10.2. The van der Waals surface area contributed by atoms with Crippen LogP contribution in [0.1, 0.15) is 31.8 Å². The van der Waals surface area contributed by atoms with Crippen LogP contribution in [0.3, 0.4) is 0 Å². The lowest BCUT2D eigenvalue weighted by Gasteiger charge is -2.16. The average molecular weight is 475 g/mol. The van der Waals surface area contributed by atoms with Crippen molar-refractivity contribution in [1.29, 1.82) is 5.41 Å². The highest BCUT2D eigenvalue weighted by Gasteiger charge is 2.20. The molecule has 0 spiro atoms. The third kappa shape index (κ3) is 5.55. The first kappa shape index (κ1) is 24.4. The molecule has 34 heavy (non-hydrogen) atoms. The molecule has 3 N–H and O–H groups in total. The molecular formula is C26H23ClN4O3. The maximum atomic E-state index is 13.1. The monoisotopic (exact) mass is 474 g/mol. The largest absolute Gasteiger partial charge is 0.494 e. The highest BCUT2D eigenvalue weighted by molar-refractivity contribution is 6.31. The van der Waals surface area contributed by atoms with Crippen LogP contribution in [0.4, 0.5) is 11.4 Å². The van der Waals surface area contributed by atoms with Crippen molar-refractivity contribution < 1.29 is 14.3 Å². The van der Waals surface area contributed by atoms with Crippen molar-refractivity contribution >= 4 is 40.6 Å². The summed E-state index contributed by atoms with van der Waals surface area (Å²) >= 11 is 6.19. The van der Waals surface area contributed by atoms with Crippen LogP contribution in [0.25, 0.3) is 0 Å². The Balaban J connectivity index is 1.89. The Kier molecular flexibility index (Phi) is 7.57. The van der Waals surface area contributed by atoms with Crippen LogP contribution in [0, 0.1) is 17.8 Å². The second-order valence-corrected chi connectivity index (χ2v) is 7.92. The molecule has 3 rings (SSSR count). The molecule has 0 heterocycles. The van der Waals surface area contributed by atoms with Crippen molar-refractivity contribution in [2.45, 2.75) is 0 Å². The van der Waals surface area contributed by atoms with Gasteiger partial charge in [0.05, 0.1) is 18.4 Å². The SMILES string of the molecule is C#Cc1ccc(NC(=O)c2cc(Cl)cc(OC)c2NC(=O)c2ccc(C(=N)N(C)C)cc2)cc1. The average Bonchev–Trinajstić information content (AvgIpc) is 2.84. The van der Waals surface area contributed by atoms with E-state index in [0.29, 0.717) is 28.2 Å². The van der Waals surface area contributed by atoms with Crippen molar-refractivity contribution in [1.82, 2.24) is 4.90 Å². The fourth-order valence-corrected chi connectivity index (χ4v) is 3.33. The minimum absolute atomic E-state index is 0.129. The van der Waals surface area contributed by atoms with E-state index in [2.05, 4.69) is 16.6 Å². The summed E-state index contributed by atoms with van der Waals surface area (Å²) in [5.41, 5.74) is 2.54. The molecule has 172 valence electrons. The number of methoxy groups -OCH3 is 1. The summed E-state index contributed by atoms with van der Waals surface area (Å²) in [6, 6.07) is 16.3. The summed E-state index contributed by atoms with van der Waals surface area (Å²) in [5.74, 6) is 2.14. The zero-order valence-electron chi connectivity index (χ0n) is 18.9. The predicted octanol–water partition coefficient (Wildman–Crippen LogP) is 4.72. The Bertz CT molecular complexity index is 1280. The maximum Gasteiger partial charge on any atom is 0.257 e. The summed E-state index contributed by atoms with van der Waals surface area (Å²) in [6.45, 7) is 0. The minimum atomic E-state index is -0.487. The zero-order chi connectivity index (χ0) is 24.8. The number of hydrogen-bond acceptors (Lipinski definition) is 4. The molecule has 8 heteroatoms. The van der Waals surface area contributed by atoms with Crippen LogP contribution >= 0.6 is 11.6 Å². The summed E-state index contributed by atoms with van der Waals surface area (Å²) in [6.07, 6.45) is 5.37. The van der Waals surface area contributed by atoms with Gasteiger partial charge in [0.15, 0.2) is 0 Å². The van der Waals surface area contributed by atoms with Gasteiger partial charge in [0.2, 0.25) is 0 Å². The lowest BCUT2D eigenvalue weighted by molar-refractivity contribution is 0.102. The molecule has 0 atom stereocenters. The Labute approximate surface area is 203 Å². The van der Waals surface area contributed by atoms with Crippen molar-refractivity contribution in [3.05, 3.63) is 87.9 Å². The molecular weight excluding hydrogens is 452 g/mol. The molecule has 2 amide bonds. The van der Waals surface area contributed by atoms with E-state index in [1.165, 1.54) is 19.2 Å². The van der Waals surface area contributed by atoms with Crippen LogP contribution in [-0.2, 0) is 0 Å². The van der Waals surface area contributed by atoms with Gasteiger partial charge in [0, 0.05) is 47.6 Å². The number of terminal acetylenes is 1. The highest BCUT2D eigenvalue weighted by atomic mass is 35.5. The number of nitrogens with zero attached hydrogens (tertiary/aromatic N) is 1. The van der Waals surface area contributed by atoms with Gasteiger partial charge >= 0.3 is 0 Å². The number of carbonyl (C=O) groups is 2. The quantitative estimate of drug-likeness (QED) is 0.273. The summed E-state index contributed by atoms with van der Waals surface area (Å²) in [4.78, 5) is 27.7. The number of carbonyl (C=O) groups excluding carboxylic acids is 2. The van der Waals surface area contributed by atoms with Gasteiger partial charge in [-0.3, -0.25) is 15.0 Å². The Hall–Kier alpha value is -4.28. The van der Waals surface area contributed by atoms with Crippen molar-refractivity contribution in [3.8, 4) is 18.1 Å². The fourth-order valence-electron chi connectivity index (χ4n) is 3.12. The van der Waals surface area contributed by atoms with Crippen LogP contribution in [-0.4, -0.2) is 43.8 Å². The third-order valence-corrected chi connectivity index (χ3v) is 5.17. The van der Waals surface area contributed by atoms with Gasteiger partial charge in [0.25, 0.3) is 11.8 Å². The van der Waals surface area contributed by atoms with Gasteiger partial charge in [-0.2, -0.15) is 0 Å². The molecule has 0 saturated carbocycles. The molecule has 0 bridgehead atoms. The van der Waals surface area contributed by atoms with Gasteiger partial charge in [-0.1, -0.05) is 29.7 Å². The minimum Gasteiger partial charge on any atom is -0.494 e. The number of ether oxygens (including phenoxy) is 1. The van der Waals surface area contributed by atoms with Gasteiger partial charge in [-0.15, -0.1) is 6.42 Å². The third-order valence-electron chi connectivity index (χ3n) is 4.95. The Morgan fingerprint density at radius 1 is 0.971 bits per heavy atom. The molecule has 0 aliphatic heterocycles. The molecule has 3 aromatic carbocycles. The van der Waals surface area contributed by atoms with E-state index in [9.17, 15) is 9.59 Å². The van der Waals surface area contributed by atoms with E-state index >= 15 is 0 Å². The summed E-state index contributed by atoms with van der Waals surface area (Å²) < 4.78 is 5.38. The maximum absolute atomic E-state index is 13.1. The van der Waals surface area contributed by atoms with Crippen molar-refractivity contribution in [2.24, 2.45) is 0 Å². The Morgan fingerprint density at radius 2 is 1.59 bits per heavy atom. The zero-order valence-corrected chi connectivity index (χ0v) is 19.7. The van der Waals surface area contributed by atoms with Crippen molar-refractivity contribution in [2.75, 3.05) is 31.8 Å². The van der Waals surface area contributed by atoms with E-state index < -0.39 is 11.8 Å². The van der Waals surface area contributed by atoms with Crippen LogP contribution in [0.2, 0.25) is 5.02 Å². The van der Waals surface area contributed by atoms with Crippen LogP contribution in [0.15, 0.2) is 60.7 Å². The molecule has 0 fully saturated rings. The highest BCUT2D eigenvalue weighted by Crippen LogP contribution is 2.33. The number of halogens is 1. The van der Waals surface area contributed by atoms with Gasteiger partial charge in [-0.25, -0.2) is 0 Å². The lowest BCUT2D eigenvalue weighted by Crippen LogP contribution is -2.22. The van der Waals surface area contributed by atoms with Gasteiger partial charge in [-0.05, 0) is 42.5 Å². The summed E-state index contributed by atoms with van der Waals surface area (Å²) in [5, 5.41) is 13.8.